The molecule has 2 nitrogen and oxygen atoms in total. The molecule has 0 heterocycles. The summed E-state index contributed by atoms with van der Waals surface area (Å²) in [5.74, 6) is -0.409. The van der Waals surface area contributed by atoms with Crippen molar-refractivity contribution >= 4 is 28.9 Å². The van der Waals surface area contributed by atoms with E-state index >= 15 is 0 Å². The molecule has 0 fully saturated rings. The van der Waals surface area contributed by atoms with Crippen molar-refractivity contribution in [3.8, 4) is 0 Å². The van der Waals surface area contributed by atoms with Gasteiger partial charge in [-0.25, -0.2) is 4.39 Å². The summed E-state index contributed by atoms with van der Waals surface area (Å²) in [7, 11) is 0. The van der Waals surface area contributed by atoms with E-state index in [2.05, 4.69) is 10.6 Å². The Balaban J connectivity index is 2.48. The predicted octanol–water partition coefficient (Wildman–Crippen LogP) is 2.85. The van der Waals surface area contributed by atoms with Crippen LogP contribution < -0.4 is 10.6 Å². The van der Waals surface area contributed by atoms with Crippen LogP contribution in [-0.4, -0.2) is 11.2 Å². The highest BCUT2D eigenvalue weighted by Gasteiger charge is 2.02. The molecule has 0 aromatic heterocycles. The van der Waals surface area contributed by atoms with Crippen molar-refractivity contribution in [2.75, 3.05) is 0 Å². The second-order valence-corrected chi connectivity index (χ2v) is 4.55. The molecule has 1 aromatic carbocycles. The minimum Gasteiger partial charge on any atom is -0.361 e. The second-order valence-electron chi connectivity index (χ2n) is 3.73. The summed E-state index contributed by atoms with van der Waals surface area (Å²) in [5, 5.41) is 6.77. The van der Waals surface area contributed by atoms with E-state index in [4.69, 9.17) is 23.8 Å². The number of thiocarbonyl (C=S) groups is 1. The minimum absolute atomic E-state index is 0.127. The first kappa shape index (κ1) is 13.2. The number of rotatable bonds is 3. The molecule has 16 heavy (non-hydrogen) atoms. The number of halogens is 2. The van der Waals surface area contributed by atoms with Crippen molar-refractivity contribution in [2.45, 2.75) is 26.4 Å². The summed E-state index contributed by atoms with van der Waals surface area (Å²) in [6.07, 6.45) is 0. The summed E-state index contributed by atoms with van der Waals surface area (Å²) in [6, 6.07) is 4.89. The molecule has 0 aliphatic heterocycles. The number of benzene rings is 1. The van der Waals surface area contributed by atoms with Crippen molar-refractivity contribution in [1.82, 2.24) is 10.6 Å². The molecule has 0 unspecified atom stereocenters. The van der Waals surface area contributed by atoms with Gasteiger partial charge in [0.15, 0.2) is 5.11 Å². The lowest BCUT2D eigenvalue weighted by atomic mass is 10.2. The van der Waals surface area contributed by atoms with E-state index in [1.54, 1.807) is 12.1 Å². The van der Waals surface area contributed by atoms with Crippen molar-refractivity contribution in [1.29, 1.82) is 0 Å². The van der Waals surface area contributed by atoms with E-state index in [9.17, 15) is 4.39 Å². The van der Waals surface area contributed by atoms with Crippen molar-refractivity contribution in [3.05, 3.63) is 34.6 Å². The second kappa shape index (κ2) is 6.01. The summed E-state index contributed by atoms with van der Waals surface area (Å²) < 4.78 is 12.9. The number of hydrogen-bond donors (Lipinski definition) is 2. The molecule has 0 bridgehead atoms. The fourth-order valence-corrected chi connectivity index (χ4v) is 1.66. The molecule has 0 spiro atoms. The lowest BCUT2D eigenvalue weighted by Gasteiger charge is -2.13. The Hall–Kier alpha value is -0.870. The molecular formula is C11H14ClFN2S. The smallest absolute Gasteiger partial charge is 0.166 e. The standard InChI is InChI=1S/C11H14ClFN2S/c1-7(2)15-11(16)14-6-8-3-4-10(13)9(12)5-8/h3-5,7H,6H2,1-2H3,(H2,14,15,16). The van der Waals surface area contributed by atoms with Gasteiger partial charge in [-0.05, 0) is 43.8 Å². The normalized spacial score (nSPS) is 10.3. The van der Waals surface area contributed by atoms with Gasteiger partial charge in [-0.3, -0.25) is 0 Å². The Morgan fingerprint density at radius 1 is 1.50 bits per heavy atom. The zero-order valence-electron chi connectivity index (χ0n) is 9.18. The van der Waals surface area contributed by atoms with E-state index in [0.717, 1.165) is 5.56 Å². The van der Waals surface area contributed by atoms with E-state index in [1.807, 2.05) is 13.8 Å². The number of nitrogens with one attached hydrogen (secondary N) is 2. The van der Waals surface area contributed by atoms with Crippen LogP contribution in [0.2, 0.25) is 5.02 Å². The highest BCUT2D eigenvalue weighted by atomic mass is 35.5. The SMILES string of the molecule is CC(C)NC(=S)NCc1ccc(F)c(Cl)c1. The Kier molecular flexibility index (Phi) is 4.96. The third kappa shape index (κ3) is 4.33. The molecule has 0 radical (unpaired) electrons. The zero-order valence-corrected chi connectivity index (χ0v) is 10.8. The van der Waals surface area contributed by atoms with Gasteiger partial charge in [0.25, 0.3) is 0 Å². The first-order valence-electron chi connectivity index (χ1n) is 4.97. The fourth-order valence-electron chi connectivity index (χ4n) is 1.15. The summed E-state index contributed by atoms with van der Waals surface area (Å²) in [6.45, 7) is 4.53. The van der Waals surface area contributed by atoms with Crippen LogP contribution in [-0.2, 0) is 6.54 Å². The van der Waals surface area contributed by atoms with Gasteiger partial charge in [-0.15, -0.1) is 0 Å². The monoisotopic (exact) mass is 260 g/mol. The molecular weight excluding hydrogens is 247 g/mol. The van der Waals surface area contributed by atoms with Crippen LogP contribution in [0.25, 0.3) is 0 Å². The van der Waals surface area contributed by atoms with Crippen LogP contribution in [0.5, 0.6) is 0 Å². The van der Waals surface area contributed by atoms with Crippen molar-refractivity contribution in [3.63, 3.8) is 0 Å². The molecule has 0 saturated heterocycles. The highest BCUT2D eigenvalue weighted by molar-refractivity contribution is 7.80. The van der Waals surface area contributed by atoms with Gasteiger partial charge in [0.05, 0.1) is 5.02 Å². The van der Waals surface area contributed by atoms with Crippen LogP contribution >= 0.6 is 23.8 Å². The van der Waals surface area contributed by atoms with Gasteiger partial charge in [0.2, 0.25) is 0 Å². The average Bonchev–Trinajstić information content (AvgIpc) is 2.19. The Morgan fingerprint density at radius 2 is 2.19 bits per heavy atom. The summed E-state index contributed by atoms with van der Waals surface area (Å²) in [4.78, 5) is 0. The molecule has 2 N–H and O–H groups in total. The van der Waals surface area contributed by atoms with Gasteiger partial charge in [-0.1, -0.05) is 17.7 Å². The molecule has 1 aromatic rings. The van der Waals surface area contributed by atoms with Gasteiger partial charge in [-0.2, -0.15) is 0 Å². The Bertz CT molecular complexity index is 382. The lowest BCUT2D eigenvalue weighted by molar-refractivity contribution is 0.627. The minimum atomic E-state index is -0.409. The predicted molar refractivity (Wildman–Crippen MR) is 69.1 cm³/mol. The Labute approximate surface area is 105 Å². The zero-order chi connectivity index (χ0) is 12.1. The lowest BCUT2D eigenvalue weighted by Crippen LogP contribution is -2.38. The maximum absolute atomic E-state index is 12.9. The van der Waals surface area contributed by atoms with Crippen molar-refractivity contribution < 1.29 is 4.39 Å². The maximum Gasteiger partial charge on any atom is 0.166 e. The van der Waals surface area contributed by atoms with Gasteiger partial charge < -0.3 is 10.6 Å². The average molecular weight is 261 g/mol. The largest absolute Gasteiger partial charge is 0.361 e. The summed E-state index contributed by atoms with van der Waals surface area (Å²) >= 11 is 10.7. The highest BCUT2D eigenvalue weighted by Crippen LogP contribution is 2.15. The molecule has 88 valence electrons. The molecule has 0 aliphatic rings. The topological polar surface area (TPSA) is 24.1 Å². The molecule has 0 aliphatic carbocycles. The molecule has 0 atom stereocenters. The Morgan fingerprint density at radius 3 is 2.75 bits per heavy atom. The van der Waals surface area contributed by atoms with E-state index in [-0.39, 0.29) is 11.1 Å². The van der Waals surface area contributed by atoms with Gasteiger partial charge in [0, 0.05) is 12.6 Å². The fraction of sp³-hybridized carbons (Fsp3) is 0.364. The first-order valence-corrected chi connectivity index (χ1v) is 5.76. The van der Waals surface area contributed by atoms with Gasteiger partial charge >= 0.3 is 0 Å². The van der Waals surface area contributed by atoms with E-state index in [1.165, 1.54) is 6.07 Å². The van der Waals surface area contributed by atoms with Crippen LogP contribution in [0.3, 0.4) is 0 Å². The number of hydrogen-bond acceptors (Lipinski definition) is 1. The maximum atomic E-state index is 12.9. The van der Waals surface area contributed by atoms with E-state index < -0.39 is 5.82 Å². The molecule has 0 amide bonds. The molecule has 5 heteroatoms. The third-order valence-corrected chi connectivity index (χ3v) is 2.41. The van der Waals surface area contributed by atoms with E-state index in [0.29, 0.717) is 11.7 Å². The third-order valence-electron chi connectivity index (χ3n) is 1.86. The quantitative estimate of drug-likeness (QED) is 0.818. The summed E-state index contributed by atoms with van der Waals surface area (Å²) in [5.41, 5.74) is 0.888. The molecule has 0 saturated carbocycles. The molecule has 1 rings (SSSR count). The van der Waals surface area contributed by atoms with Gasteiger partial charge in [0.1, 0.15) is 5.82 Å². The first-order chi connectivity index (χ1) is 7.49. The van der Waals surface area contributed by atoms with Crippen LogP contribution in [0.1, 0.15) is 19.4 Å². The van der Waals surface area contributed by atoms with Crippen LogP contribution in [0.4, 0.5) is 4.39 Å². The van der Waals surface area contributed by atoms with Crippen LogP contribution in [0, 0.1) is 5.82 Å². The van der Waals surface area contributed by atoms with Crippen LogP contribution in [0.15, 0.2) is 18.2 Å². The van der Waals surface area contributed by atoms with Crippen molar-refractivity contribution in [2.24, 2.45) is 0 Å².